The first-order chi connectivity index (χ1) is 28.7. The summed E-state index contributed by atoms with van der Waals surface area (Å²) in [6, 6.07) is 0. The van der Waals surface area contributed by atoms with E-state index < -0.39 is 51.8 Å². The highest BCUT2D eigenvalue weighted by molar-refractivity contribution is 7.47. The highest BCUT2D eigenvalue weighted by Crippen LogP contribution is 2.43. The molecule has 0 saturated heterocycles. The fourth-order valence-corrected chi connectivity index (χ4v) is 7.60. The van der Waals surface area contributed by atoms with Gasteiger partial charge in [-0.15, -0.1) is 0 Å². The number of aliphatic hydroxyl groups excluding tert-OH is 2. The van der Waals surface area contributed by atoms with Gasteiger partial charge in [0.1, 0.15) is 12.7 Å². The molecule has 3 N–H and O–H groups in total. The maximum atomic E-state index is 12.7. The first-order valence-corrected chi connectivity index (χ1v) is 25.8. The zero-order valence-electron chi connectivity index (χ0n) is 38.0. The van der Waals surface area contributed by atoms with Crippen molar-refractivity contribution in [1.82, 2.24) is 0 Å². The Morgan fingerprint density at radius 1 is 0.492 bits per heavy atom. The number of ether oxygens (including phenoxy) is 2. The maximum Gasteiger partial charge on any atom is 0.472 e. The molecular weight excluding hydrogens is 767 g/mol. The van der Waals surface area contributed by atoms with E-state index in [1.165, 1.54) is 148 Å². The van der Waals surface area contributed by atoms with Crippen LogP contribution in [0.3, 0.4) is 0 Å². The average Bonchev–Trinajstić information content (AvgIpc) is 3.22. The van der Waals surface area contributed by atoms with Crippen LogP contribution in [0.15, 0.2) is 24.3 Å². The van der Waals surface area contributed by atoms with Gasteiger partial charge in [0.25, 0.3) is 0 Å². The molecule has 3 atom stereocenters. The summed E-state index contributed by atoms with van der Waals surface area (Å²) >= 11 is 0. The number of aliphatic hydroxyl groups is 2. The van der Waals surface area contributed by atoms with Crippen LogP contribution in [-0.2, 0) is 32.7 Å². The van der Waals surface area contributed by atoms with E-state index in [1.54, 1.807) is 0 Å². The van der Waals surface area contributed by atoms with E-state index in [2.05, 4.69) is 38.2 Å². The summed E-state index contributed by atoms with van der Waals surface area (Å²) in [6.07, 6.45) is 45.7. The van der Waals surface area contributed by atoms with Crippen LogP contribution in [0, 0.1) is 0 Å². The van der Waals surface area contributed by atoms with Gasteiger partial charge in [0.05, 0.1) is 19.8 Å². The molecule has 3 unspecified atom stereocenters. The molecule has 10 nitrogen and oxygen atoms in total. The first kappa shape index (κ1) is 57.4. The summed E-state index contributed by atoms with van der Waals surface area (Å²) in [5.74, 6) is -0.923. The third-order valence-electron chi connectivity index (χ3n) is 10.6. The molecule has 0 saturated carbocycles. The van der Waals surface area contributed by atoms with Gasteiger partial charge >= 0.3 is 19.8 Å². The Morgan fingerprint density at radius 2 is 0.831 bits per heavy atom. The third-order valence-corrected chi connectivity index (χ3v) is 11.5. The minimum Gasteiger partial charge on any atom is -0.462 e. The molecule has 0 amide bonds. The molecule has 0 radical (unpaired) electrons. The number of allylic oxidation sites excluding steroid dienone is 4. The van der Waals surface area contributed by atoms with E-state index in [1.807, 2.05) is 0 Å². The van der Waals surface area contributed by atoms with Crippen molar-refractivity contribution < 1.29 is 47.8 Å². The second-order valence-electron chi connectivity index (χ2n) is 16.5. The van der Waals surface area contributed by atoms with E-state index in [4.69, 9.17) is 23.6 Å². The van der Waals surface area contributed by atoms with Crippen LogP contribution in [0.4, 0.5) is 0 Å². The van der Waals surface area contributed by atoms with E-state index in [-0.39, 0.29) is 19.4 Å². The lowest BCUT2D eigenvalue weighted by Crippen LogP contribution is -2.29. The number of esters is 2. The molecule has 0 aliphatic rings. The molecule has 0 bridgehead atoms. The Bertz CT molecular complexity index is 1040. The molecule has 348 valence electrons. The van der Waals surface area contributed by atoms with Gasteiger partial charge in [-0.05, 0) is 64.2 Å². The second-order valence-corrected chi connectivity index (χ2v) is 17.9. The molecular formula is C48H91O10P. The molecule has 0 fully saturated rings. The summed E-state index contributed by atoms with van der Waals surface area (Å²) in [7, 11) is -4.62. The number of rotatable bonds is 46. The maximum absolute atomic E-state index is 12.7. The molecule has 59 heavy (non-hydrogen) atoms. The summed E-state index contributed by atoms with van der Waals surface area (Å²) in [5, 5.41) is 18.4. The number of carbonyl (C=O) groups is 2. The van der Waals surface area contributed by atoms with E-state index >= 15 is 0 Å². The van der Waals surface area contributed by atoms with Crippen LogP contribution < -0.4 is 0 Å². The molecule has 0 aromatic heterocycles. The minimum atomic E-state index is -4.62. The van der Waals surface area contributed by atoms with Gasteiger partial charge in [0.2, 0.25) is 0 Å². The highest BCUT2D eigenvalue weighted by atomic mass is 31.2. The normalized spacial score (nSPS) is 13.9. The minimum absolute atomic E-state index is 0.183. The monoisotopic (exact) mass is 859 g/mol. The Labute approximate surface area is 361 Å². The number of carbonyl (C=O) groups excluding carboxylic acids is 2. The molecule has 0 aliphatic heterocycles. The smallest absolute Gasteiger partial charge is 0.462 e. The van der Waals surface area contributed by atoms with Crippen molar-refractivity contribution in [3.05, 3.63) is 24.3 Å². The van der Waals surface area contributed by atoms with Crippen LogP contribution in [0.2, 0.25) is 0 Å². The quantitative estimate of drug-likeness (QED) is 0.0234. The van der Waals surface area contributed by atoms with Crippen LogP contribution >= 0.6 is 7.82 Å². The van der Waals surface area contributed by atoms with Crippen LogP contribution in [-0.4, -0.2) is 65.7 Å². The van der Waals surface area contributed by atoms with Crippen molar-refractivity contribution in [2.75, 3.05) is 26.4 Å². The molecule has 0 aromatic rings. The van der Waals surface area contributed by atoms with Crippen LogP contribution in [0.5, 0.6) is 0 Å². The molecule has 0 rings (SSSR count). The van der Waals surface area contributed by atoms with Gasteiger partial charge in [-0.2, -0.15) is 0 Å². The van der Waals surface area contributed by atoms with Crippen LogP contribution in [0.25, 0.3) is 0 Å². The van der Waals surface area contributed by atoms with Gasteiger partial charge < -0.3 is 24.6 Å². The summed E-state index contributed by atoms with van der Waals surface area (Å²) in [5.41, 5.74) is 0. The van der Waals surface area contributed by atoms with Gasteiger partial charge in [-0.25, -0.2) is 4.57 Å². The largest absolute Gasteiger partial charge is 0.472 e. The van der Waals surface area contributed by atoms with Crippen molar-refractivity contribution in [3.63, 3.8) is 0 Å². The Morgan fingerprint density at radius 3 is 1.22 bits per heavy atom. The van der Waals surface area contributed by atoms with E-state index in [9.17, 15) is 24.2 Å². The lowest BCUT2D eigenvalue weighted by Gasteiger charge is -2.20. The molecule has 0 spiro atoms. The summed E-state index contributed by atoms with van der Waals surface area (Å²) in [4.78, 5) is 35.1. The summed E-state index contributed by atoms with van der Waals surface area (Å²) in [6.45, 7) is 2.40. The predicted octanol–water partition coefficient (Wildman–Crippen LogP) is 13.3. The van der Waals surface area contributed by atoms with Crippen molar-refractivity contribution in [2.45, 2.75) is 244 Å². The highest BCUT2D eigenvalue weighted by Gasteiger charge is 2.27. The average molecular weight is 859 g/mol. The van der Waals surface area contributed by atoms with Gasteiger partial charge in [0.15, 0.2) is 6.10 Å². The third kappa shape index (κ3) is 44.3. The van der Waals surface area contributed by atoms with E-state index in [0.29, 0.717) is 12.8 Å². The molecule has 0 aliphatic carbocycles. The lowest BCUT2D eigenvalue weighted by molar-refractivity contribution is -0.161. The Balaban J connectivity index is 4.21. The fraction of sp³-hybridized carbons (Fsp3) is 0.875. The van der Waals surface area contributed by atoms with Gasteiger partial charge in [0, 0.05) is 12.8 Å². The second kappa shape index (κ2) is 44.5. The van der Waals surface area contributed by atoms with Gasteiger partial charge in [-0.3, -0.25) is 18.6 Å². The number of unbranched alkanes of at least 4 members (excludes halogenated alkanes) is 28. The van der Waals surface area contributed by atoms with Crippen LogP contribution in [0.1, 0.15) is 232 Å². The SMILES string of the molecule is CCCCCCCC/C=C\CCCCCCCCCCCC(=O)OC(COC(=O)CCCCCCCCC/C=C\CCCCCCCC)COP(=O)(O)OCC(O)CO. The molecule has 0 heterocycles. The Kier molecular flexibility index (Phi) is 43.3. The zero-order valence-corrected chi connectivity index (χ0v) is 38.9. The number of phosphoric acid groups is 1. The standard InChI is InChI=1S/C48H91O10P/c1-3-5-7-9-11-13-15-17-19-21-22-24-26-28-30-32-34-36-38-40-48(52)58-46(44-57-59(53,54)56-42-45(50)41-49)43-55-47(51)39-37-35-33-31-29-27-25-23-20-18-16-14-12-10-8-6-4-2/h17-20,45-46,49-50H,3-16,21-44H2,1-2H3,(H,53,54)/b19-17-,20-18-. The number of phosphoric ester groups is 1. The molecule has 0 aromatic carbocycles. The molecule has 11 heteroatoms. The van der Waals surface area contributed by atoms with Crippen molar-refractivity contribution in [2.24, 2.45) is 0 Å². The lowest BCUT2D eigenvalue weighted by atomic mass is 10.1. The van der Waals surface area contributed by atoms with Crippen molar-refractivity contribution in [1.29, 1.82) is 0 Å². The van der Waals surface area contributed by atoms with Crippen molar-refractivity contribution in [3.8, 4) is 0 Å². The predicted molar refractivity (Wildman–Crippen MR) is 242 cm³/mol. The Hall–Kier alpha value is -1.55. The first-order valence-electron chi connectivity index (χ1n) is 24.3. The number of hydrogen-bond donors (Lipinski definition) is 3. The topological polar surface area (TPSA) is 149 Å². The number of hydrogen-bond acceptors (Lipinski definition) is 9. The van der Waals surface area contributed by atoms with Crippen molar-refractivity contribution >= 4 is 19.8 Å². The zero-order chi connectivity index (χ0) is 43.3. The summed E-state index contributed by atoms with van der Waals surface area (Å²) < 4.78 is 32.8. The van der Waals surface area contributed by atoms with E-state index in [0.717, 1.165) is 44.9 Å². The fourth-order valence-electron chi connectivity index (χ4n) is 6.81. The van der Waals surface area contributed by atoms with Gasteiger partial charge in [-0.1, -0.05) is 179 Å².